The molecule has 0 atom stereocenters. The third kappa shape index (κ3) is 5.68. The molecule has 92 valence electrons. The first-order chi connectivity index (χ1) is 6.95. The molecule has 0 unspecified atom stereocenters. The number of halogens is 2. The zero-order valence-electron chi connectivity index (χ0n) is 9.43. The molecule has 0 fully saturated rings. The standard InChI is InChI=1S/C10H20Br2O2S/c1-3-6-15(13,14)7-5-10(4-2,8-11)9-12/h3-9H2,1-2H3. The molecule has 0 aromatic rings. The third-order valence-electron chi connectivity index (χ3n) is 2.78. The van der Waals surface area contributed by atoms with E-state index in [0.717, 1.165) is 23.5 Å². The lowest BCUT2D eigenvalue weighted by Crippen LogP contribution is -2.27. The van der Waals surface area contributed by atoms with Crippen molar-refractivity contribution >= 4 is 41.7 Å². The number of rotatable bonds is 8. The van der Waals surface area contributed by atoms with Crippen LogP contribution in [0.1, 0.15) is 33.1 Å². The molecule has 0 aliphatic carbocycles. The van der Waals surface area contributed by atoms with Crippen molar-refractivity contribution in [2.24, 2.45) is 5.41 Å². The van der Waals surface area contributed by atoms with E-state index in [-0.39, 0.29) is 5.41 Å². The van der Waals surface area contributed by atoms with Crippen molar-refractivity contribution in [2.45, 2.75) is 33.1 Å². The Balaban J connectivity index is 4.34. The second kappa shape index (κ2) is 7.28. The fraction of sp³-hybridized carbons (Fsp3) is 1.00. The van der Waals surface area contributed by atoms with Gasteiger partial charge in [0.25, 0.3) is 0 Å². The highest BCUT2D eigenvalue weighted by Crippen LogP contribution is 2.31. The molecule has 0 radical (unpaired) electrons. The Morgan fingerprint density at radius 3 is 1.93 bits per heavy atom. The van der Waals surface area contributed by atoms with Crippen LogP contribution in [0, 0.1) is 5.41 Å². The molecule has 0 rings (SSSR count). The maximum absolute atomic E-state index is 11.6. The minimum Gasteiger partial charge on any atom is -0.229 e. The summed E-state index contributed by atoms with van der Waals surface area (Å²) in [6, 6.07) is 0. The number of alkyl halides is 2. The van der Waals surface area contributed by atoms with E-state index in [1.54, 1.807) is 0 Å². The van der Waals surface area contributed by atoms with Gasteiger partial charge in [-0.05, 0) is 24.7 Å². The van der Waals surface area contributed by atoms with Gasteiger partial charge >= 0.3 is 0 Å². The predicted octanol–water partition coefficient (Wildman–Crippen LogP) is 3.39. The van der Waals surface area contributed by atoms with Gasteiger partial charge in [0.1, 0.15) is 9.84 Å². The molecule has 15 heavy (non-hydrogen) atoms. The molecule has 0 aromatic heterocycles. The van der Waals surface area contributed by atoms with Crippen molar-refractivity contribution in [1.82, 2.24) is 0 Å². The summed E-state index contributed by atoms with van der Waals surface area (Å²) in [5.41, 5.74) is 0.0841. The number of hydrogen-bond donors (Lipinski definition) is 0. The van der Waals surface area contributed by atoms with Crippen LogP contribution in [0.5, 0.6) is 0 Å². The van der Waals surface area contributed by atoms with E-state index in [4.69, 9.17) is 0 Å². The summed E-state index contributed by atoms with van der Waals surface area (Å²) >= 11 is 6.95. The lowest BCUT2D eigenvalue weighted by Gasteiger charge is -2.28. The van der Waals surface area contributed by atoms with Crippen LogP contribution in [0.2, 0.25) is 0 Å². The molecule has 0 heterocycles. The Hall–Kier alpha value is 0.910. The van der Waals surface area contributed by atoms with E-state index in [2.05, 4.69) is 38.8 Å². The van der Waals surface area contributed by atoms with Crippen LogP contribution in [0.3, 0.4) is 0 Å². The zero-order valence-corrected chi connectivity index (χ0v) is 13.4. The maximum Gasteiger partial charge on any atom is 0.150 e. The van der Waals surface area contributed by atoms with Crippen LogP contribution in [0.15, 0.2) is 0 Å². The topological polar surface area (TPSA) is 34.1 Å². The summed E-state index contributed by atoms with van der Waals surface area (Å²) < 4.78 is 23.2. The van der Waals surface area contributed by atoms with E-state index in [1.165, 1.54) is 0 Å². The quantitative estimate of drug-likeness (QED) is 0.619. The average Bonchev–Trinajstić information content (AvgIpc) is 2.21. The van der Waals surface area contributed by atoms with Gasteiger partial charge in [0.05, 0.1) is 5.75 Å². The number of sulfone groups is 1. The molecule has 0 spiro atoms. The molecule has 0 saturated heterocycles. The average molecular weight is 364 g/mol. The Kier molecular flexibility index (Phi) is 7.72. The minimum absolute atomic E-state index is 0.0841. The van der Waals surface area contributed by atoms with Gasteiger partial charge in [0.15, 0.2) is 0 Å². The fourth-order valence-electron chi connectivity index (χ4n) is 1.32. The molecular weight excluding hydrogens is 344 g/mol. The summed E-state index contributed by atoms with van der Waals surface area (Å²) in [6.07, 6.45) is 2.44. The van der Waals surface area contributed by atoms with Crippen molar-refractivity contribution < 1.29 is 8.42 Å². The van der Waals surface area contributed by atoms with E-state index in [0.29, 0.717) is 17.9 Å². The first-order valence-electron chi connectivity index (χ1n) is 5.27. The van der Waals surface area contributed by atoms with Crippen molar-refractivity contribution in [3.63, 3.8) is 0 Å². The molecule has 0 aromatic carbocycles. The van der Waals surface area contributed by atoms with E-state index < -0.39 is 9.84 Å². The van der Waals surface area contributed by atoms with E-state index in [1.807, 2.05) is 6.92 Å². The van der Waals surface area contributed by atoms with Crippen LogP contribution in [-0.2, 0) is 9.84 Å². The molecule has 0 bridgehead atoms. The highest BCUT2D eigenvalue weighted by atomic mass is 79.9. The van der Waals surface area contributed by atoms with Gasteiger partial charge < -0.3 is 0 Å². The SMILES string of the molecule is CCCS(=O)(=O)CCC(CC)(CBr)CBr. The van der Waals surface area contributed by atoms with Crippen molar-refractivity contribution in [3.8, 4) is 0 Å². The van der Waals surface area contributed by atoms with Gasteiger partial charge in [-0.3, -0.25) is 0 Å². The Morgan fingerprint density at radius 1 is 1.07 bits per heavy atom. The lowest BCUT2D eigenvalue weighted by atomic mass is 9.87. The van der Waals surface area contributed by atoms with E-state index in [9.17, 15) is 8.42 Å². The highest BCUT2D eigenvalue weighted by molar-refractivity contribution is 9.09. The normalized spacial score (nSPS) is 13.1. The van der Waals surface area contributed by atoms with Crippen LogP contribution < -0.4 is 0 Å². The minimum atomic E-state index is -2.84. The molecule has 0 amide bonds. The summed E-state index contributed by atoms with van der Waals surface area (Å²) in [4.78, 5) is 0. The Bertz CT molecular complexity index is 250. The third-order valence-corrected chi connectivity index (χ3v) is 7.01. The first kappa shape index (κ1) is 15.9. The van der Waals surface area contributed by atoms with Crippen molar-refractivity contribution in [1.29, 1.82) is 0 Å². The van der Waals surface area contributed by atoms with Crippen LogP contribution in [-0.4, -0.2) is 30.6 Å². The molecular formula is C10H20Br2O2S. The molecule has 0 aliphatic heterocycles. The van der Waals surface area contributed by atoms with Gasteiger partial charge in [-0.15, -0.1) is 0 Å². The van der Waals surface area contributed by atoms with Crippen molar-refractivity contribution in [2.75, 3.05) is 22.2 Å². The van der Waals surface area contributed by atoms with Crippen LogP contribution in [0.4, 0.5) is 0 Å². The Morgan fingerprint density at radius 2 is 1.60 bits per heavy atom. The molecule has 0 saturated carbocycles. The predicted molar refractivity (Wildman–Crippen MR) is 73.9 cm³/mol. The smallest absolute Gasteiger partial charge is 0.150 e. The number of hydrogen-bond acceptors (Lipinski definition) is 2. The summed E-state index contributed by atoms with van der Waals surface area (Å²) in [5, 5.41) is 1.70. The van der Waals surface area contributed by atoms with E-state index >= 15 is 0 Å². The van der Waals surface area contributed by atoms with Gasteiger partial charge in [-0.25, -0.2) is 8.42 Å². The molecule has 2 nitrogen and oxygen atoms in total. The first-order valence-corrected chi connectivity index (χ1v) is 9.34. The lowest BCUT2D eigenvalue weighted by molar-refractivity contribution is 0.362. The molecule has 5 heteroatoms. The highest BCUT2D eigenvalue weighted by Gasteiger charge is 2.27. The van der Waals surface area contributed by atoms with Crippen molar-refractivity contribution in [3.05, 3.63) is 0 Å². The van der Waals surface area contributed by atoms with Gasteiger partial charge in [-0.1, -0.05) is 45.7 Å². The van der Waals surface area contributed by atoms with Crippen LogP contribution >= 0.6 is 31.9 Å². The largest absolute Gasteiger partial charge is 0.229 e. The molecule has 0 N–H and O–H groups in total. The molecule has 0 aliphatic rings. The maximum atomic E-state index is 11.6. The fourth-order valence-corrected chi connectivity index (χ4v) is 5.17. The second-order valence-electron chi connectivity index (χ2n) is 4.02. The summed E-state index contributed by atoms with van der Waals surface area (Å²) in [5.74, 6) is 0.628. The summed E-state index contributed by atoms with van der Waals surface area (Å²) in [6.45, 7) is 4.01. The Labute approximate surface area is 110 Å². The van der Waals surface area contributed by atoms with Gasteiger partial charge in [-0.2, -0.15) is 0 Å². The van der Waals surface area contributed by atoms with Crippen LogP contribution in [0.25, 0.3) is 0 Å². The van der Waals surface area contributed by atoms with Gasteiger partial charge in [0.2, 0.25) is 0 Å². The second-order valence-corrected chi connectivity index (χ2v) is 7.45. The monoisotopic (exact) mass is 362 g/mol. The summed E-state index contributed by atoms with van der Waals surface area (Å²) in [7, 11) is -2.84. The van der Waals surface area contributed by atoms with Gasteiger partial charge in [0, 0.05) is 16.4 Å². The zero-order chi connectivity index (χ0) is 11.9.